The Bertz CT molecular complexity index is 1480. The van der Waals surface area contributed by atoms with Crippen LogP contribution in [0.1, 0.15) is 5.56 Å². The van der Waals surface area contributed by atoms with E-state index in [-0.39, 0.29) is 0 Å². The van der Waals surface area contributed by atoms with Crippen molar-refractivity contribution in [3.63, 3.8) is 0 Å². The predicted octanol–water partition coefficient (Wildman–Crippen LogP) is 5.74. The first-order chi connectivity index (χ1) is 17.7. The summed E-state index contributed by atoms with van der Waals surface area (Å²) in [6.07, 6.45) is 0.800. The van der Waals surface area contributed by atoms with Crippen molar-refractivity contribution < 1.29 is 14.2 Å². The van der Waals surface area contributed by atoms with Crippen molar-refractivity contribution in [1.29, 1.82) is 0 Å². The van der Waals surface area contributed by atoms with Crippen molar-refractivity contribution >= 4 is 11.5 Å². The van der Waals surface area contributed by atoms with E-state index in [0.29, 0.717) is 6.54 Å². The molecule has 7 nitrogen and oxygen atoms in total. The van der Waals surface area contributed by atoms with Crippen LogP contribution in [-0.4, -0.2) is 42.5 Å². The molecule has 3 aromatic carbocycles. The van der Waals surface area contributed by atoms with E-state index in [9.17, 15) is 0 Å². The van der Waals surface area contributed by atoms with E-state index < -0.39 is 0 Å². The zero-order valence-electron chi connectivity index (χ0n) is 20.6. The quantitative estimate of drug-likeness (QED) is 0.290. The lowest BCUT2D eigenvalue weighted by Crippen LogP contribution is -2.10. The van der Waals surface area contributed by atoms with E-state index in [1.54, 1.807) is 21.3 Å². The second kappa shape index (κ2) is 10.4. The number of fused-ring (bicyclic) bond motifs is 1. The highest BCUT2D eigenvalue weighted by atomic mass is 16.5. The van der Waals surface area contributed by atoms with Crippen molar-refractivity contribution in [2.75, 3.05) is 33.2 Å². The molecule has 0 bridgehead atoms. The number of rotatable bonds is 9. The number of anilines is 1. The van der Waals surface area contributed by atoms with Crippen molar-refractivity contribution in [3.05, 3.63) is 90.5 Å². The molecule has 0 aliphatic rings. The molecule has 182 valence electrons. The normalized spacial score (nSPS) is 10.9. The Morgan fingerprint density at radius 2 is 1.53 bits per heavy atom. The van der Waals surface area contributed by atoms with E-state index in [4.69, 9.17) is 24.3 Å². The van der Waals surface area contributed by atoms with Crippen LogP contribution in [0, 0.1) is 0 Å². The number of nitrogens with one attached hydrogen (secondary N) is 1. The largest absolute Gasteiger partial charge is 0.497 e. The molecule has 0 amide bonds. The number of nitrogens with zero attached hydrogens (tertiary/aromatic N) is 3. The lowest BCUT2D eigenvalue weighted by Gasteiger charge is -2.12. The summed E-state index contributed by atoms with van der Waals surface area (Å²) >= 11 is 0. The lowest BCUT2D eigenvalue weighted by molar-refractivity contribution is 0.354. The summed E-state index contributed by atoms with van der Waals surface area (Å²) in [5.41, 5.74) is 5.64. The molecular weight excluding hydrogens is 452 g/mol. The predicted molar refractivity (Wildman–Crippen MR) is 142 cm³/mol. The highest BCUT2D eigenvalue weighted by molar-refractivity contribution is 5.71. The smallest absolute Gasteiger partial charge is 0.160 e. The Kier molecular flexibility index (Phi) is 6.71. The maximum absolute atomic E-state index is 5.45. The molecule has 0 aliphatic carbocycles. The fourth-order valence-electron chi connectivity index (χ4n) is 4.15. The van der Waals surface area contributed by atoms with Gasteiger partial charge in [0.2, 0.25) is 0 Å². The van der Waals surface area contributed by atoms with E-state index in [0.717, 1.165) is 63.2 Å². The summed E-state index contributed by atoms with van der Waals surface area (Å²) in [6, 6.07) is 28.1. The molecule has 0 fully saturated rings. The van der Waals surface area contributed by atoms with Gasteiger partial charge in [-0.3, -0.25) is 0 Å². The van der Waals surface area contributed by atoms with Crippen molar-refractivity contribution in [3.8, 4) is 39.8 Å². The van der Waals surface area contributed by atoms with Crippen LogP contribution >= 0.6 is 0 Å². The van der Waals surface area contributed by atoms with Gasteiger partial charge in [-0.15, -0.1) is 0 Å². The molecular formula is C29H28N4O3. The van der Waals surface area contributed by atoms with Gasteiger partial charge in [0.15, 0.2) is 17.1 Å². The molecule has 1 N–H and O–H groups in total. The highest BCUT2D eigenvalue weighted by Gasteiger charge is 2.13. The minimum absolute atomic E-state index is 0.706. The summed E-state index contributed by atoms with van der Waals surface area (Å²) in [7, 11) is 4.95. The third kappa shape index (κ3) is 4.81. The van der Waals surface area contributed by atoms with Crippen LogP contribution in [0.5, 0.6) is 17.2 Å². The van der Waals surface area contributed by atoms with Gasteiger partial charge in [-0.1, -0.05) is 48.5 Å². The summed E-state index contributed by atoms with van der Waals surface area (Å²) in [5.74, 6) is 3.10. The summed E-state index contributed by atoms with van der Waals surface area (Å²) in [5, 5.41) is 8.43. The van der Waals surface area contributed by atoms with Gasteiger partial charge in [0, 0.05) is 29.8 Å². The van der Waals surface area contributed by atoms with E-state index in [1.807, 2.05) is 71.2 Å². The molecule has 5 aromatic rings. The summed E-state index contributed by atoms with van der Waals surface area (Å²) in [4.78, 5) is 4.90. The standard InChI is InChI=1S/C29H28N4O3/c1-34-23-11-7-10-22(17-23)25-19-29-31-24(21-8-5-4-6-9-21)18-28(33(29)32-25)30-15-14-20-12-13-26(35-2)27(16-20)36-3/h4-13,16-19,30H,14-15H2,1-3H3. The van der Waals surface area contributed by atoms with Crippen molar-refractivity contribution in [2.24, 2.45) is 0 Å². The van der Waals surface area contributed by atoms with Gasteiger partial charge in [-0.05, 0) is 36.2 Å². The lowest BCUT2D eigenvalue weighted by atomic mass is 10.1. The van der Waals surface area contributed by atoms with E-state index in [2.05, 4.69) is 23.5 Å². The fraction of sp³-hybridized carbons (Fsp3) is 0.172. The Labute approximate surface area is 210 Å². The van der Waals surface area contributed by atoms with Crippen molar-refractivity contribution in [2.45, 2.75) is 6.42 Å². The minimum Gasteiger partial charge on any atom is -0.497 e. The second-order valence-corrected chi connectivity index (χ2v) is 8.29. The fourth-order valence-corrected chi connectivity index (χ4v) is 4.15. The molecule has 0 saturated carbocycles. The van der Waals surface area contributed by atoms with Crippen LogP contribution in [0.25, 0.3) is 28.2 Å². The number of benzene rings is 3. The highest BCUT2D eigenvalue weighted by Crippen LogP contribution is 2.29. The van der Waals surface area contributed by atoms with Gasteiger partial charge in [-0.2, -0.15) is 9.61 Å². The average molecular weight is 481 g/mol. The molecule has 36 heavy (non-hydrogen) atoms. The van der Waals surface area contributed by atoms with Crippen LogP contribution in [0.2, 0.25) is 0 Å². The third-order valence-electron chi connectivity index (χ3n) is 6.03. The van der Waals surface area contributed by atoms with Crippen LogP contribution in [-0.2, 0) is 6.42 Å². The maximum Gasteiger partial charge on any atom is 0.160 e. The Morgan fingerprint density at radius 3 is 2.31 bits per heavy atom. The molecule has 0 aliphatic heterocycles. The van der Waals surface area contributed by atoms with Gasteiger partial charge in [0.25, 0.3) is 0 Å². The molecule has 5 rings (SSSR count). The van der Waals surface area contributed by atoms with E-state index >= 15 is 0 Å². The molecule has 0 unspecified atom stereocenters. The Hall–Kier alpha value is -4.52. The Morgan fingerprint density at radius 1 is 0.722 bits per heavy atom. The molecule has 0 radical (unpaired) electrons. The van der Waals surface area contributed by atoms with Gasteiger partial charge in [0.1, 0.15) is 11.6 Å². The van der Waals surface area contributed by atoms with Gasteiger partial charge >= 0.3 is 0 Å². The first kappa shape index (κ1) is 23.2. The number of hydrogen-bond donors (Lipinski definition) is 1. The number of methoxy groups -OCH3 is 3. The zero-order chi connectivity index (χ0) is 24.9. The molecule has 7 heteroatoms. The molecule has 0 atom stereocenters. The van der Waals surface area contributed by atoms with E-state index in [1.165, 1.54) is 0 Å². The summed E-state index contributed by atoms with van der Waals surface area (Å²) in [6.45, 7) is 0.706. The zero-order valence-corrected chi connectivity index (χ0v) is 20.6. The maximum atomic E-state index is 5.45. The Balaban J connectivity index is 1.48. The SMILES string of the molecule is COc1cccc(-c2cc3nc(-c4ccccc4)cc(NCCc4ccc(OC)c(OC)c4)n3n2)c1. The van der Waals surface area contributed by atoms with Crippen LogP contribution in [0.4, 0.5) is 5.82 Å². The van der Waals surface area contributed by atoms with Gasteiger partial charge < -0.3 is 19.5 Å². The van der Waals surface area contributed by atoms with Gasteiger partial charge in [0.05, 0.1) is 32.7 Å². The van der Waals surface area contributed by atoms with Crippen LogP contribution in [0.15, 0.2) is 84.9 Å². The third-order valence-corrected chi connectivity index (χ3v) is 6.03. The number of hydrogen-bond acceptors (Lipinski definition) is 6. The first-order valence-electron chi connectivity index (χ1n) is 11.7. The average Bonchev–Trinajstić information content (AvgIpc) is 3.38. The monoisotopic (exact) mass is 480 g/mol. The van der Waals surface area contributed by atoms with Gasteiger partial charge in [-0.25, -0.2) is 4.98 Å². The molecule has 2 heterocycles. The van der Waals surface area contributed by atoms with Crippen LogP contribution < -0.4 is 19.5 Å². The molecule has 0 spiro atoms. The van der Waals surface area contributed by atoms with Crippen LogP contribution in [0.3, 0.4) is 0 Å². The second-order valence-electron chi connectivity index (χ2n) is 8.29. The minimum atomic E-state index is 0.706. The molecule has 0 saturated heterocycles. The van der Waals surface area contributed by atoms with Crippen molar-refractivity contribution in [1.82, 2.24) is 14.6 Å². The number of aromatic nitrogens is 3. The first-order valence-corrected chi connectivity index (χ1v) is 11.7. The number of ether oxygens (including phenoxy) is 3. The molecule has 2 aromatic heterocycles. The topological polar surface area (TPSA) is 69.9 Å². The summed E-state index contributed by atoms with van der Waals surface area (Å²) < 4.78 is 18.1.